The summed E-state index contributed by atoms with van der Waals surface area (Å²) < 4.78 is 27.5. The molecule has 0 aromatic carbocycles. The lowest BCUT2D eigenvalue weighted by atomic mass is 9.80. The number of hydrogen-bond donors (Lipinski definition) is 1. The zero-order valence-electron chi connectivity index (χ0n) is 16.0. The minimum atomic E-state index is -3.33. The fraction of sp³-hybridized carbons (Fsp3) is 0.368. The Morgan fingerprint density at radius 1 is 1.45 bits per heavy atom. The molecule has 4 rings (SSSR count). The third-order valence-corrected chi connectivity index (χ3v) is 7.45. The molecular formula is C19H19N7O2S. The first-order valence-electron chi connectivity index (χ1n) is 9.13. The summed E-state index contributed by atoms with van der Waals surface area (Å²) in [6, 6.07) is 4.10. The summed E-state index contributed by atoms with van der Waals surface area (Å²) in [6.07, 6.45) is 6.72. The van der Waals surface area contributed by atoms with E-state index < -0.39 is 21.5 Å². The molecule has 0 aliphatic carbocycles. The van der Waals surface area contributed by atoms with E-state index in [1.54, 1.807) is 37.1 Å². The van der Waals surface area contributed by atoms with Crippen LogP contribution in [0.25, 0.3) is 27.0 Å². The van der Waals surface area contributed by atoms with Crippen LogP contribution in [-0.2, 0) is 15.6 Å². The Morgan fingerprint density at radius 3 is 2.86 bits per heavy atom. The third kappa shape index (κ3) is 2.80. The summed E-state index contributed by atoms with van der Waals surface area (Å²) in [6.45, 7) is 11.3. The number of nitriles is 1. The van der Waals surface area contributed by atoms with Crippen molar-refractivity contribution < 1.29 is 8.42 Å². The van der Waals surface area contributed by atoms with Gasteiger partial charge in [0.1, 0.15) is 11.2 Å². The standard InChI is InChI=1S/C19H19N7O2S/c1-4-29(27,28)25-11-19(12-25,13(2)7-20)26-10-14(8-24-26)17-15-5-6-22-18(15)23-9-16(17)21-3/h5-6,8-10,13H,4,11-12H2,1-2H3,(H,22,23). The number of aromatic amines is 1. The summed E-state index contributed by atoms with van der Waals surface area (Å²) in [7, 11) is -3.33. The van der Waals surface area contributed by atoms with E-state index in [0.29, 0.717) is 11.3 Å². The van der Waals surface area contributed by atoms with Crippen molar-refractivity contribution in [2.45, 2.75) is 19.4 Å². The molecule has 148 valence electrons. The van der Waals surface area contributed by atoms with Crippen LogP contribution in [0, 0.1) is 23.8 Å². The minimum Gasteiger partial charge on any atom is -0.346 e. The molecule has 10 heteroatoms. The van der Waals surface area contributed by atoms with Gasteiger partial charge in [0, 0.05) is 48.2 Å². The predicted octanol–water partition coefficient (Wildman–Crippen LogP) is 2.50. The Bertz CT molecular complexity index is 1270. The Hall–Kier alpha value is -3.21. The number of H-pyrrole nitrogens is 1. The van der Waals surface area contributed by atoms with Gasteiger partial charge >= 0.3 is 0 Å². The highest BCUT2D eigenvalue weighted by molar-refractivity contribution is 7.89. The molecule has 1 N–H and O–H groups in total. The van der Waals surface area contributed by atoms with Gasteiger partial charge in [-0.05, 0) is 19.9 Å². The lowest BCUT2D eigenvalue weighted by Gasteiger charge is -2.50. The van der Waals surface area contributed by atoms with Crippen LogP contribution >= 0.6 is 0 Å². The van der Waals surface area contributed by atoms with Gasteiger partial charge in [-0.15, -0.1) is 0 Å². The van der Waals surface area contributed by atoms with E-state index in [9.17, 15) is 13.7 Å². The molecule has 1 unspecified atom stereocenters. The Labute approximate surface area is 168 Å². The summed E-state index contributed by atoms with van der Waals surface area (Å²) in [5.41, 5.74) is 1.78. The zero-order valence-corrected chi connectivity index (χ0v) is 16.8. The van der Waals surface area contributed by atoms with Crippen molar-refractivity contribution >= 4 is 26.7 Å². The van der Waals surface area contributed by atoms with Gasteiger partial charge in [0.25, 0.3) is 0 Å². The van der Waals surface area contributed by atoms with Crippen molar-refractivity contribution in [3.05, 3.63) is 42.3 Å². The van der Waals surface area contributed by atoms with Crippen molar-refractivity contribution in [1.82, 2.24) is 24.1 Å². The molecule has 0 radical (unpaired) electrons. The van der Waals surface area contributed by atoms with E-state index in [1.165, 1.54) is 10.5 Å². The average Bonchev–Trinajstić information content (AvgIpc) is 3.35. The topological polar surface area (TPSA) is 112 Å². The van der Waals surface area contributed by atoms with Crippen molar-refractivity contribution in [2.24, 2.45) is 5.92 Å². The molecule has 1 saturated heterocycles. The summed E-state index contributed by atoms with van der Waals surface area (Å²) in [5.74, 6) is -0.422. The van der Waals surface area contributed by atoms with Gasteiger partial charge in [0.2, 0.25) is 15.7 Å². The smallest absolute Gasteiger partial charge is 0.213 e. The van der Waals surface area contributed by atoms with Crippen LogP contribution in [0.2, 0.25) is 0 Å². The molecule has 4 heterocycles. The normalized spacial score (nSPS) is 17.4. The minimum absolute atomic E-state index is 0.0191. The van der Waals surface area contributed by atoms with Crippen LogP contribution in [-0.4, -0.2) is 51.3 Å². The molecule has 1 atom stereocenters. The number of aromatic nitrogens is 4. The van der Waals surface area contributed by atoms with Gasteiger partial charge in [-0.2, -0.15) is 14.7 Å². The number of nitrogens with zero attached hydrogens (tertiary/aromatic N) is 6. The molecule has 0 saturated carbocycles. The lowest BCUT2D eigenvalue weighted by Crippen LogP contribution is -2.67. The van der Waals surface area contributed by atoms with Crippen molar-refractivity contribution in [3.8, 4) is 17.2 Å². The third-order valence-electron chi connectivity index (χ3n) is 5.67. The van der Waals surface area contributed by atoms with Crippen molar-refractivity contribution in [1.29, 1.82) is 5.26 Å². The summed E-state index contributed by atoms with van der Waals surface area (Å²) in [4.78, 5) is 10.9. The van der Waals surface area contributed by atoms with Crippen LogP contribution < -0.4 is 0 Å². The Morgan fingerprint density at radius 2 is 2.21 bits per heavy atom. The second-order valence-corrected chi connectivity index (χ2v) is 9.42. The number of pyridine rings is 1. The first-order valence-corrected chi connectivity index (χ1v) is 10.7. The number of fused-ring (bicyclic) bond motifs is 1. The van der Waals surface area contributed by atoms with E-state index in [4.69, 9.17) is 6.57 Å². The van der Waals surface area contributed by atoms with E-state index in [2.05, 4.69) is 26.0 Å². The zero-order chi connectivity index (χ0) is 20.8. The molecular weight excluding hydrogens is 390 g/mol. The monoisotopic (exact) mass is 409 g/mol. The molecule has 29 heavy (non-hydrogen) atoms. The maximum absolute atomic E-state index is 12.2. The first kappa shape index (κ1) is 19.1. The maximum Gasteiger partial charge on any atom is 0.213 e. The molecule has 1 aliphatic rings. The van der Waals surface area contributed by atoms with Crippen LogP contribution in [0.4, 0.5) is 5.69 Å². The molecule has 1 aliphatic heterocycles. The predicted molar refractivity (Wildman–Crippen MR) is 107 cm³/mol. The van der Waals surface area contributed by atoms with Gasteiger partial charge < -0.3 is 4.98 Å². The SMILES string of the molecule is [C-]#[N+]c1cnc2[nH]ccc2c1-c1cnn(C2(C(C)C#N)CN(S(=O)(=O)CC)C2)c1. The van der Waals surface area contributed by atoms with Gasteiger partial charge in [-0.3, -0.25) is 9.67 Å². The molecule has 1 fully saturated rings. The van der Waals surface area contributed by atoms with Gasteiger partial charge in [-0.1, -0.05) is 0 Å². The first-order chi connectivity index (χ1) is 13.9. The largest absolute Gasteiger partial charge is 0.346 e. The Balaban J connectivity index is 1.79. The fourth-order valence-corrected chi connectivity index (χ4v) is 4.97. The van der Waals surface area contributed by atoms with Crippen LogP contribution in [0.5, 0.6) is 0 Å². The highest BCUT2D eigenvalue weighted by atomic mass is 32.2. The van der Waals surface area contributed by atoms with Gasteiger partial charge in [0.15, 0.2) is 0 Å². The Kier molecular flexibility index (Phi) is 4.41. The maximum atomic E-state index is 12.2. The lowest BCUT2D eigenvalue weighted by molar-refractivity contribution is 0.0357. The van der Waals surface area contributed by atoms with Crippen LogP contribution in [0.3, 0.4) is 0 Å². The fourth-order valence-electron chi connectivity index (χ4n) is 3.76. The van der Waals surface area contributed by atoms with E-state index in [1.807, 2.05) is 6.07 Å². The van der Waals surface area contributed by atoms with Gasteiger partial charge in [0.05, 0.1) is 30.5 Å². The molecule has 0 spiro atoms. The van der Waals surface area contributed by atoms with E-state index >= 15 is 0 Å². The van der Waals surface area contributed by atoms with E-state index in [0.717, 1.165) is 16.5 Å². The molecule has 3 aromatic rings. The molecule has 0 amide bonds. The van der Waals surface area contributed by atoms with E-state index in [-0.39, 0.29) is 18.8 Å². The highest BCUT2D eigenvalue weighted by Gasteiger charge is 2.53. The summed E-state index contributed by atoms with van der Waals surface area (Å²) in [5, 5.41) is 14.8. The number of sulfonamides is 1. The second-order valence-electron chi connectivity index (χ2n) is 7.17. The molecule has 0 bridgehead atoms. The highest BCUT2D eigenvalue weighted by Crippen LogP contribution is 2.41. The van der Waals surface area contributed by atoms with Crippen molar-refractivity contribution in [2.75, 3.05) is 18.8 Å². The number of rotatable bonds is 5. The number of hydrogen-bond acceptors (Lipinski definition) is 5. The van der Waals surface area contributed by atoms with Crippen LogP contribution in [0.15, 0.2) is 30.9 Å². The van der Waals surface area contributed by atoms with Crippen LogP contribution in [0.1, 0.15) is 13.8 Å². The average molecular weight is 409 g/mol. The summed E-state index contributed by atoms with van der Waals surface area (Å²) >= 11 is 0. The second kappa shape index (κ2) is 6.69. The molecule has 9 nitrogen and oxygen atoms in total. The van der Waals surface area contributed by atoms with Gasteiger partial charge in [-0.25, -0.2) is 13.3 Å². The van der Waals surface area contributed by atoms with Crippen molar-refractivity contribution in [3.63, 3.8) is 0 Å². The quantitative estimate of drug-likeness (QED) is 0.651. The molecule has 3 aromatic heterocycles. The number of nitrogens with one attached hydrogen (secondary N) is 1.